The van der Waals surface area contributed by atoms with Crippen molar-refractivity contribution in [1.82, 2.24) is 4.90 Å². The number of thiophene rings is 1. The van der Waals surface area contributed by atoms with Crippen molar-refractivity contribution in [3.8, 4) is 5.75 Å². The first-order valence-corrected chi connectivity index (χ1v) is 7.83. The molecule has 1 saturated carbocycles. The summed E-state index contributed by atoms with van der Waals surface area (Å²) in [5, 5.41) is 2.14. The van der Waals surface area contributed by atoms with E-state index >= 15 is 0 Å². The summed E-state index contributed by atoms with van der Waals surface area (Å²) in [6, 6.07) is 10.9. The minimum Gasteiger partial charge on any atom is -0.497 e. The van der Waals surface area contributed by atoms with Crippen LogP contribution in [0.3, 0.4) is 0 Å². The number of ether oxygens (including phenoxy) is 1. The number of benzene rings is 1. The zero-order valence-corrected chi connectivity index (χ0v) is 12.5. The van der Waals surface area contributed by atoms with Crippen LogP contribution in [0.2, 0.25) is 0 Å². The second kappa shape index (κ2) is 5.85. The van der Waals surface area contributed by atoms with Crippen LogP contribution in [0.5, 0.6) is 5.75 Å². The van der Waals surface area contributed by atoms with Crippen LogP contribution in [0.4, 0.5) is 5.69 Å². The van der Waals surface area contributed by atoms with E-state index in [1.807, 2.05) is 23.5 Å². The van der Waals surface area contributed by atoms with Crippen LogP contribution in [-0.2, 0) is 13.1 Å². The zero-order valence-electron chi connectivity index (χ0n) is 11.7. The number of rotatable bonds is 6. The highest BCUT2D eigenvalue weighted by Gasteiger charge is 2.29. The molecule has 0 spiro atoms. The van der Waals surface area contributed by atoms with Gasteiger partial charge in [0.25, 0.3) is 0 Å². The molecule has 3 nitrogen and oxygen atoms in total. The van der Waals surface area contributed by atoms with Crippen LogP contribution in [0.1, 0.15) is 23.3 Å². The lowest BCUT2D eigenvalue weighted by Gasteiger charge is -2.22. The minimum atomic E-state index is 0.711. The molecule has 1 aliphatic carbocycles. The molecule has 2 aromatic rings. The maximum atomic E-state index is 6.11. The van der Waals surface area contributed by atoms with Crippen LogP contribution in [0.25, 0.3) is 0 Å². The van der Waals surface area contributed by atoms with Gasteiger partial charge in [-0.05, 0) is 48.1 Å². The van der Waals surface area contributed by atoms with Crippen molar-refractivity contribution in [2.75, 3.05) is 12.8 Å². The van der Waals surface area contributed by atoms with E-state index in [-0.39, 0.29) is 0 Å². The molecule has 20 heavy (non-hydrogen) atoms. The summed E-state index contributed by atoms with van der Waals surface area (Å²) < 4.78 is 5.30. The van der Waals surface area contributed by atoms with Crippen LogP contribution < -0.4 is 10.5 Å². The van der Waals surface area contributed by atoms with Crippen LogP contribution in [-0.4, -0.2) is 18.1 Å². The van der Waals surface area contributed by atoms with Gasteiger partial charge in [-0.1, -0.05) is 6.07 Å². The second-order valence-corrected chi connectivity index (χ2v) is 6.31. The van der Waals surface area contributed by atoms with E-state index in [4.69, 9.17) is 10.5 Å². The third-order valence-electron chi connectivity index (χ3n) is 3.73. The second-order valence-electron chi connectivity index (χ2n) is 5.28. The Labute approximate surface area is 124 Å². The number of hydrogen-bond donors (Lipinski definition) is 1. The highest BCUT2D eigenvalue weighted by Crippen LogP contribution is 2.32. The molecule has 0 radical (unpaired) electrons. The Morgan fingerprint density at radius 1 is 1.30 bits per heavy atom. The summed E-state index contributed by atoms with van der Waals surface area (Å²) in [5.74, 6) is 0.876. The maximum Gasteiger partial charge on any atom is 0.119 e. The van der Waals surface area contributed by atoms with Gasteiger partial charge in [0.1, 0.15) is 5.75 Å². The zero-order chi connectivity index (χ0) is 13.9. The van der Waals surface area contributed by atoms with Gasteiger partial charge in [0.05, 0.1) is 7.11 Å². The lowest BCUT2D eigenvalue weighted by molar-refractivity contribution is 0.248. The lowest BCUT2D eigenvalue weighted by atomic mass is 10.1. The van der Waals surface area contributed by atoms with Crippen LogP contribution >= 0.6 is 11.3 Å². The molecule has 0 aliphatic heterocycles. The van der Waals surface area contributed by atoms with Crippen molar-refractivity contribution in [3.63, 3.8) is 0 Å². The van der Waals surface area contributed by atoms with Gasteiger partial charge >= 0.3 is 0 Å². The number of methoxy groups -OCH3 is 1. The molecular weight excluding hydrogens is 268 g/mol. The third kappa shape index (κ3) is 3.14. The molecule has 4 heteroatoms. The number of nitrogens with two attached hydrogens (primary N) is 1. The summed E-state index contributed by atoms with van der Waals surface area (Å²) in [5.41, 5.74) is 8.12. The number of hydrogen-bond acceptors (Lipinski definition) is 4. The molecule has 1 aromatic carbocycles. The topological polar surface area (TPSA) is 38.5 Å². The van der Waals surface area contributed by atoms with E-state index in [9.17, 15) is 0 Å². The molecule has 1 aromatic heterocycles. The van der Waals surface area contributed by atoms with Crippen molar-refractivity contribution in [2.45, 2.75) is 32.0 Å². The van der Waals surface area contributed by atoms with E-state index in [1.54, 1.807) is 7.11 Å². The van der Waals surface area contributed by atoms with Crippen molar-refractivity contribution in [1.29, 1.82) is 0 Å². The Balaban J connectivity index is 1.76. The van der Waals surface area contributed by atoms with Gasteiger partial charge in [-0.3, -0.25) is 4.90 Å². The number of nitrogens with zero attached hydrogens (tertiary/aromatic N) is 1. The third-order valence-corrected chi connectivity index (χ3v) is 4.59. The summed E-state index contributed by atoms with van der Waals surface area (Å²) in [6.45, 7) is 1.91. The first-order valence-electron chi connectivity index (χ1n) is 6.95. The standard InChI is InChI=1S/C16H20N2OS/c1-19-14-6-7-16(17)12(9-14)10-18(13-4-5-13)11-15-3-2-8-20-15/h2-3,6-9,13H,4-5,10-11,17H2,1H3. The van der Waals surface area contributed by atoms with E-state index in [0.717, 1.165) is 30.1 Å². The van der Waals surface area contributed by atoms with Gasteiger partial charge < -0.3 is 10.5 Å². The molecule has 0 atom stereocenters. The summed E-state index contributed by atoms with van der Waals surface area (Å²) >= 11 is 1.82. The van der Waals surface area contributed by atoms with Gasteiger partial charge in [0, 0.05) is 29.7 Å². The molecule has 1 aliphatic rings. The van der Waals surface area contributed by atoms with Gasteiger partial charge in [-0.15, -0.1) is 11.3 Å². The molecule has 0 bridgehead atoms. The molecule has 0 unspecified atom stereocenters. The molecule has 3 rings (SSSR count). The van der Waals surface area contributed by atoms with E-state index in [2.05, 4.69) is 28.5 Å². The molecule has 106 valence electrons. The first kappa shape index (κ1) is 13.5. The fraction of sp³-hybridized carbons (Fsp3) is 0.375. The predicted octanol–water partition coefficient (Wildman–Crippen LogP) is 3.50. The molecular formula is C16H20N2OS. The van der Waals surface area contributed by atoms with E-state index in [0.29, 0.717) is 6.04 Å². The SMILES string of the molecule is COc1ccc(N)c(CN(Cc2cccs2)C2CC2)c1. The molecule has 0 amide bonds. The smallest absolute Gasteiger partial charge is 0.119 e. The average Bonchev–Trinajstić information content (AvgIpc) is 3.18. The minimum absolute atomic E-state index is 0.711. The highest BCUT2D eigenvalue weighted by atomic mass is 32.1. The quantitative estimate of drug-likeness (QED) is 0.827. The lowest BCUT2D eigenvalue weighted by Crippen LogP contribution is -2.25. The van der Waals surface area contributed by atoms with Crippen molar-refractivity contribution in [2.24, 2.45) is 0 Å². The maximum absolute atomic E-state index is 6.11. The van der Waals surface area contributed by atoms with E-state index < -0.39 is 0 Å². The van der Waals surface area contributed by atoms with Gasteiger partial charge in [0.15, 0.2) is 0 Å². The van der Waals surface area contributed by atoms with Gasteiger partial charge in [0.2, 0.25) is 0 Å². The first-order chi connectivity index (χ1) is 9.76. The molecule has 1 heterocycles. The molecule has 2 N–H and O–H groups in total. The largest absolute Gasteiger partial charge is 0.497 e. The van der Waals surface area contributed by atoms with Gasteiger partial charge in [-0.2, -0.15) is 0 Å². The number of nitrogen functional groups attached to an aromatic ring is 1. The highest BCUT2D eigenvalue weighted by molar-refractivity contribution is 7.09. The Morgan fingerprint density at radius 2 is 2.15 bits per heavy atom. The predicted molar refractivity (Wildman–Crippen MR) is 84.0 cm³/mol. The normalized spacial score (nSPS) is 14.7. The van der Waals surface area contributed by atoms with Crippen LogP contribution in [0, 0.1) is 0 Å². The van der Waals surface area contributed by atoms with Crippen LogP contribution in [0.15, 0.2) is 35.7 Å². The Hall–Kier alpha value is -1.52. The average molecular weight is 288 g/mol. The fourth-order valence-corrected chi connectivity index (χ4v) is 3.15. The molecule has 0 saturated heterocycles. The number of anilines is 1. The Kier molecular flexibility index (Phi) is 3.94. The van der Waals surface area contributed by atoms with Crippen molar-refractivity contribution in [3.05, 3.63) is 46.2 Å². The van der Waals surface area contributed by atoms with Gasteiger partial charge in [-0.25, -0.2) is 0 Å². The molecule has 1 fully saturated rings. The fourth-order valence-electron chi connectivity index (χ4n) is 2.42. The summed E-state index contributed by atoms with van der Waals surface area (Å²) in [4.78, 5) is 3.94. The Bertz CT molecular complexity index is 564. The summed E-state index contributed by atoms with van der Waals surface area (Å²) in [7, 11) is 1.69. The Morgan fingerprint density at radius 3 is 2.80 bits per heavy atom. The van der Waals surface area contributed by atoms with Crippen molar-refractivity contribution >= 4 is 17.0 Å². The van der Waals surface area contributed by atoms with Crippen molar-refractivity contribution < 1.29 is 4.74 Å². The summed E-state index contributed by atoms with van der Waals surface area (Å²) in [6.07, 6.45) is 2.60. The monoisotopic (exact) mass is 288 g/mol. The van der Waals surface area contributed by atoms with E-state index in [1.165, 1.54) is 17.7 Å².